The van der Waals surface area contributed by atoms with Gasteiger partial charge in [-0.05, 0) is 30.7 Å². The van der Waals surface area contributed by atoms with Crippen molar-refractivity contribution in [3.63, 3.8) is 0 Å². The third-order valence-corrected chi connectivity index (χ3v) is 5.12. The zero-order valence-corrected chi connectivity index (χ0v) is 17.3. The summed E-state index contributed by atoms with van der Waals surface area (Å²) in [5.74, 6) is -0.896. The number of nitrogens with one attached hydrogen (secondary N) is 1. The Morgan fingerprint density at radius 3 is 2.26 bits per heavy atom. The minimum atomic E-state index is -0.910. The van der Waals surface area contributed by atoms with Crippen LogP contribution in [0.1, 0.15) is 27.5 Å². The van der Waals surface area contributed by atoms with E-state index < -0.39 is 12.0 Å². The molecule has 4 aromatic rings. The topological polar surface area (TPSA) is 68.3 Å². The lowest BCUT2D eigenvalue weighted by Crippen LogP contribution is -2.34. The number of methoxy groups -OCH3 is 1. The zero-order chi connectivity index (χ0) is 21.8. The van der Waals surface area contributed by atoms with Gasteiger partial charge in [-0.2, -0.15) is 0 Å². The Morgan fingerprint density at radius 1 is 0.903 bits per heavy atom. The van der Waals surface area contributed by atoms with E-state index in [0.29, 0.717) is 22.3 Å². The summed E-state index contributed by atoms with van der Waals surface area (Å²) in [6.07, 6.45) is 0. The number of aryl methyl sites for hydroxylation is 1. The van der Waals surface area contributed by atoms with Gasteiger partial charge in [-0.25, -0.2) is 9.78 Å². The third-order valence-electron chi connectivity index (χ3n) is 5.12. The summed E-state index contributed by atoms with van der Waals surface area (Å²) >= 11 is 0. The predicted octanol–water partition coefficient (Wildman–Crippen LogP) is 4.85. The van der Waals surface area contributed by atoms with Gasteiger partial charge in [0, 0.05) is 10.9 Å². The highest BCUT2D eigenvalue weighted by Gasteiger charge is 2.25. The Labute approximate surface area is 180 Å². The first-order chi connectivity index (χ1) is 15.1. The average Bonchev–Trinajstić information content (AvgIpc) is 2.82. The zero-order valence-electron chi connectivity index (χ0n) is 17.3. The van der Waals surface area contributed by atoms with Crippen LogP contribution in [0.4, 0.5) is 0 Å². The van der Waals surface area contributed by atoms with Crippen molar-refractivity contribution in [1.82, 2.24) is 10.3 Å². The van der Waals surface area contributed by atoms with Crippen molar-refractivity contribution in [1.29, 1.82) is 0 Å². The van der Waals surface area contributed by atoms with Crippen LogP contribution < -0.4 is 5.32 Å². The van der Waals surface area contributed by atoms with Crippen molar-refractivity contribution >= 4 is 22.8 Å². The van der Waals surface area contributed by atoms with Crippen LogP contribution in [0.15, 0.2) is 84.9 Å². The number of fused-ring (bicyclic) bond motifs is 1. The summed E-state index contributed by atoms with van der Waals surface area (Å²) in [6.45, 7) is 1.97. The normalized spacial score (nSPS) is 11.7. The fourth-order valence-corrected chi connectivity index (χ4v) is 3.53. The average molecular weight is 410 g/mol. The van der Waals surface area contributed by atoms with Gasteiger partial charge in [0.1, 0.15) is 0 Å². The van der Waals surface area contributed by atoms with Crippen molar-refractivity contribution in [2.24, 2.45) is 0 Å². The van der Waals surface area contributed by atoms with Gasteiger partial charge in [-0.1, -0.05) is 72.3 Å². The first kappa shape index (κ1) is 20.3. The van der Waals surface area contributed by atoms with Gasteiger partial charge in [-0.3, -0.25) is 4.79 Å². The quantitative estimate of drug-likeness (QED) is 0.478. The molecule has 0 aliphatic heterocycles. The van der Waals surface area contributed by atoms with E-state index in [9.17, 15) is 9.59 Å². The number of pyridine rings is 1. The molecule has 0 saturated heterocycles. The molecule has 0 saturated carbocycles. The molecule has 1 amide bonds. The molecule has 0 aliphatic carbocycles. The van der Waals surface area contributed by atoms with Crippen LogP contribution in [0.2, 0.25) is 0 Å². The van der Waals surface area contributed by atoms with Crippen molar-refractivity contribution in [3.05, 3.63) is 102 Å². The highest BCUT2D eigenvalue weighted by atomic mass is 16.5. The molecule has 5 heteroatoms. The van der Waals surface area contributed by atoms with Crippen molar-refractivity contribution in [2.75, 3.05) is 7.11 Å². The summed E-state index contributed by atoms with van der Waals surface area (Å²) in [7, 11) is 1.31. The van der Waals surface area contributed by atoms with Crippen LogP contribution in [-0.2, 0) is 9.53 Å². The molecule has 5 nitrogen and oxygen atoms in total. The second kappa shape index (κ2) is 8.79. The number of aromatic nitrogens is 1. The largest absolute Gasteiger partial charge is 0.467 e. The summed E-state index contributed by atoms with van der Waals surface area (Å²) in [5.41, 5.74) is 4.44. The van der Waals surface area contributed by atoms with Gasteiger partial charge in [-0.15, -0.1) is 0 Å². The molecule has 0 aliphatic rings. The van der Waals surface area contributed by atoms with E-state index in [1.165, 1.54) is 7.11 Å². The van der Waals surface area contributed by atoms with E-state index in [-0.39, 0.29) is 5.91 Å². The molecule has 4 rings (SSSR count). The standard InChI is InChI=1S/C26H22N2O3/c1-17-13-14-22-20(15-17)21(16-23(27-22)18-9-5-3-6-10-18)25(29)28-24(26(30)31-2)19-11-7-4-8-12-19/h3-16,24H,1-2H3,(H,28,29)/t24-/m1/s1. The van der Waals surface area contributed by atoms with Gasteiger partial charge in [0.25, 0.3) is 5.91 Å². The number of ether oxygens (including phenoxy) is 1. The maximum absolute atomic E-state index is 13.4. The summed E-state index contributed by atoms with van der Waals surface area (Å²) in [5, 5.41) is 3.58. The maximum atomic E-state index is 13.4. The number of hydrogen-bond acceptors (Lipinski definition) is 4. The van der Waals surface area contributed by atoms with Crippen LogP contribution in [0.5, 0.6) is 0 Å². The van der Waals surface area contributed by atoms with E-state index in [4.69, 9.17) is 9.72 Å². The molecule has 31 heavy (non-hydrogen) atoms. The molecule has 0 unspecified atom stereocenters. The van der Waals surface area contributed by atoms with E-state index in [1.54, 1.807) is 18.2 Å². The van der Waals surface area contributed by atoms with Crippen LogP contribution in [-0.4, -0.2) is 24.0 Å². The second-order valence-corrected chi connectivity index (χ2v) is 7.28. The predicted molar refractivity (Wildman–Crippen MR) is 121 cm³/mol. The number of rotatable bonds is 5. The number of benzene rings is 3. The fraction of sp³-hybridized carbons (Fsp3) is 0.115. The third kappa shape index (κ3) is 4.31. The minimum Gasteiger partial charge on any atom is -0.467 e. The van der Waals surface area contributed by atoms with Gasteiger partial charge in [0.15, 0.2) is 6.04 Å². The maximum Gasteiger partial charge on any atom is 0.333 e. The van der Waals surface area contributed by atoms with E-state index in [2.05, 4.69) is 5.32 Å². The molecule has 1 heterocycles. The van der Waals surface area contributed by atoms with Crippen LogP contribution in [0.3, 0.4) is 0 Å². The molecule has 0 fully saturated rings. The highest BCUT2D eigenvalue weighted by molar-refractivity contribution is 6.08. The highest BCUT2D eigenvalue weighted by Crippen LogP contribution is 2.26. The summed E-state index contributed by atoms with van der Waals surface area (Å²) in [6, 6.07) is 25.4. The molecule has 0 radical (unpaired) electrons. The van der Waals surface area contributed by atoms with Crippen LogP contribution in [0, 0.1) is 6.92 Å². The van der Waals surface area contributed by atoms with Crippen molar-refractivity contribution in [3.8, 4) is 11.3 Å². The number of esters is 1. The number of hydrogen-bond donors (Lipinski definition) is 1. The Balaban J connectivity index is 1.80. The van der Waals surface area contributed by atoms with Gasteiger partial charge >= 0.3 is 5.97 Å². The Hall–Kier alpha value is -3.99. The SMILES string of the molecule is COC(=O)[C@H](NC(=O)c1cc(-c2ccccc2)nc2ccc(C)cc12)c1ccccc1. The molecular formula is C26H22N2O3. The van der Waals surface area contributed by atoms with E-state index in [0.717, 1.165) is 16.5 Å². The number of amides is 1. The molecule has 0 spiro atoms. The fourth-order valence-electron chi connectivity index (χ4n) is 3.53. The lowest BCUT2D eigenvalue weighted by Gasteiger charge is -2.18. The second-order valence-electron chi connectivity index (χ2n) is 7.28. The van der Waals surface area contributed by atoms with E-state index in [1.807, 2.05) is 73.7 Å². The summed E-state index contributed by atoms with van der Waals surface area (Å²) in [4.78, 5) is 30.6. The lowest BCUT2D eigenvalue weighted by atomic mass is 10.0. The smallest absolute Gasteiger partial charge is 0.333 e. The van der Waals surface area contributed by atoms with Crippen molar-refractivity contribution < 1.29 is 14.3 Å². The van der Waals surface area contributed by atoms with Crippen molar-refractivity contribution in [2.45, 2.75) is 13.0 Å². The van der Waals surface area contributed by atoms with Gasteiger partial charge in [0.05, 0.1) is 23.9 Å². The van der Waals surface area contributed by atoms with Gasteiger partial charge < -0.3 is 10.1 Å². The van der Waals surface area contributed by atoms with Crippen LogP contribution in [0.25, 0.3) is 22.2 Å². The molecular weight excluding hydrogens is 388 g/mol. The minimum absolute atomic E-state index is 0.366. The monoisotopic (exact) mass is 410 g/mol. The number of carbonyl (C=O) groups excluding carboxylic acids is 2. The Morgan fingerprint density at radius 2 is 1.58 bits per heavy atom. The Bertz CT molecular complexity index is 1240. The molecule has 1 N–H and O–H groups in total. The first-order valence-corrected chi connectivity index (χ1v) is 9.97. The number of carbonyl (C=O) groups is 2. The summed E-state index contributed by atoms with van der Waals surface area (Å²) < 4.78 is 4.94. The van der Waals surface area contributed by atoms with E-state index >= 15 is 0 Å². The molecule has 154 valence electrons. The number of nitrogens with zero attached hydrogens (tertiary/aromatic N) is 1. The lowest BCUT2D eigenvalue weighted by molar-refractivity contribution is -0.143. The first-order valence-electron chi connectivity index (χ1n) is 9.97. The van der Waals surface area contributed by atoms with Gasteiger partial charge in [0.2, 0.25) is 0 Å². The Kier molecular flexibility index (Phi) is 5.76. The molecule has 1 aromatic heterocycles. The molecule has 0 bridgehead atoms. The van der Waals surface area contributed by atoms with Crippen LogP contribution >= 0.6 is 0 Å². The molecule has 1 atom stereocenters. The molecule has 3 aromatic carbocycles.